The zero-order valence-electron chi connectivity index (χ0n) is 16.3. The summed E-state index contributed by atoms with van der Waals surface area (Å²) in [5, 5.41) is 0. The van der Waals surface area contributed by atoms with Gasteiger partial charge in [0.15, 0.2) is 0 Å². The van der Waals surface area contributed by atoms with Crippen molar-refractivity contribution in [3.63, 3.8) is 0 Å². The minimum absolute atomic E-state index is 0.0956. The highest BCUT2D eigenvalue weighted by molar-refractivity contribution is 5.97. The molecule has 0 N–H and O–H groups in total. The lowest BCUT2D eigenvalue weighted by Crippen LogP contribution is -2.52. The molecule has 144 valence electrons. The maximum absolute atomic E-state index is 13.1. The monoisotopic (exact) mass is 370 g/mol. The number of carbonyl (C=O) groups is 2. The Morgan fingerprint density at radius 2 is 2.04 bits per heavy atom. The van der Waals surface area contributed by atoms with Crippen molar-refractivity contribution in [2.45, 2.75) is 38.8 Å². The molecule has 2 aromatic rings. The number of nitrogens with zero attached hydrogens (tertiary/aromatic N) is 2. The van der Waals surface area contributed by atoms with E-state index in [0.29, 0.717) is 5.76 Å². The molecule has 0 saturated carbocycles. The molecule has 0 aliphatic carbocycles. The van der Waals surface area contributed by atoms with Crippen LogP contribution in [-0.4, -0.2) is 43.5 Å². The number of amides is 1. The van der Waals surface area contributed by atoms with E-state index in [1.54, 1.807) is 0 Å². The van der Waals surface area contributed by atoms with E-state index in [9.17, 15) is 9.59 Å². The van der Waals surface area contributed by atoms with Gasteiger partial charge in [-0.1, -0.05) is 18.2 Å². The molecule has 1 fully saturated rings. The van der Waals surface area contributed by atoms with Gasteiger partial charge in [0, 0.05) is 17.8 Å². The number of anilines is 1. The third kappa shape index (κ3) is 3.76. The number of benzene rings is 1. The van der Waals surface area contributed by atoms with Crippen LogP contribution in [0.25, 0.3) is 0 Å². The van der Waals surface area contributed by atoms with Gasteiger partial charge in [-0.25, -0.2) is 4.79 Å². The van der Waals surface area contributed by atoms with Gasteiger partial charge in [0.25, 0.3) is 0 Å². The molecule has 27 heavy (non-hydrogen) atoms. The van der Waals surface area contributed by atoms with Crippen LogP contribution < -0.4 is 4.90 Å². The Hall–Kier alpha value is -2.60. The van der Waals surface area contributed by atoms with Crippen LogP contribution in [-0.2, 0) is 9.53 Å². The minimum Gasteiger partial charge on any atom is -0.463 e. The van der Waals surface area contributed by atoms with Crippen LogP contribution in [0.15, 0.2) is 40.8 Å². The molecule has 3 rings (SSSR count). The molecule has 0 spiro atoms. The number of hydrogen-bond acceptors (Lipinski definition) is 5. The average molecular weight is 370 g/mol. The first-order chi connectivity index (χ1) is 12.9. The van der Waals surface area contributed by atoms with Crippen LogP contribution in [0.1, 0.15) is 47.7 Å². The average Bonchev–Trinajstić information content (AvgIpc) is 3.08. The van der Waals surface area contributed by atoms with E-state index in [-0.39, 0.29) is 23.8 Å². The highest BCUT2D eigenvalue weighted by Crippen LogP contribution is 2.30. The number of methoxy groups -OCH3 is 1. The van der Waals surface area contributed by atoms with Crippen molar-refractivity contribution in [2.75, 3.05) is 25.6 Å². The van der Waals surface area contributed by atoms with E-state index in [4.69, 9.17) is 9.15 Å². The van der Waals surface area contributed by atoms with E-state index in [0.717, 1.165) is 30.6 Å². The van der Waals surface area contributed by atoms with E-state index in [1.807, 2.05) is 67.1 Å². The predicted octanol–water partition coefficient (Wildman–Crippen LogP) is 3.56. The van der Waals surface area contributed by atoms with Crippen molar-refractivity contribution in [3.8, 4) is 0 Å². The maximum atomic E-state index is 13.1. The van der Waals surface area contributed by atoms with E-state index < -0.39 is 5.97 Å². The molecule has 1 saturated heterocycles. The fourth-order valence-electron chi connectivity index (χ4n) is 3.58. The number of esters is 1. The normalized spacial score (nSPS) is 18.6. The second kappa shape index (κ2) is 7.96. The van der Waals surface area contributed by atoms with Gasteiger partial charge in [-0.15, -0.1) is 0 Å². The van der Waals surface area contributed by atoms with Gasteiger partial charge in [0.05, 0.1) is 19.2 Å². The summed E-state index contributed by atoms with van der Waals surface area (Å²) in [7, 11) is 3.26. The number of piperidine rings is 1. The summed E-state index contributed by atoms with van der Waals surface area (Å²) >= 11 is 0. The number of furan rings is 1. The zero-order valence-corrected chi connectivity index (χ0v) is 16.3. The molecule has 1 aliphatic heterocycles. The summed E-state index contributed by atoms with van der Waals surface area (Å²) in [6.45, 7) is 4.52. The molecule has 1 aromatic carbocycles. The smallest absolute Gasteiger partial charge is 0.374 e. The maximum Gasteiger partial charge on any atom is 0.374 e. The van der Waals surface area contributed by atoms with Crippen molar-refractivity contribution in [1.82, 2.24) is 4.90 Å². The number of hydrogen-bond donors (Lipinski definition) is 0. The van der Waals surface area contributed by atoms with Crippen LogP contribution >= 0.6 is 0 Å². The van der Waals surface area contributed by atoms with E-state index in [1.165, 1.54) is 7.11 Å². The summed E-state index contributed by atoms with van der Waals surface area (Å²) in [5.74, 6) is 0.476. The first-order valence-electron chi connectivity index (χ1n) is 9.21. The topological polar surface area (TPSA) is 63.0 Å². The first-order valence-corrected chi connectivity index (χ1v) is 9.21. The van der Waals surface area contributed by atoms with Crippen molar-refractivity contribution in [2.24, 2.45) is 0 Å². The Labute approximate surface area is 159 Å². The summed E-state index contributed by atoms with van der Waals surface area (Å²) in [5.41, 5.74) is 1.66. The van der Waals surface area contributed by atoms with E-state index >= 15 is 0 Å². The SMILES string of the molecule is COC(=O)c1oc([C@@H](C)N(C)[C@H]2CCCN(c3ccccc3)C2=O)cc1C. The van der Waals surface area contributed by atoms with Crippen LogP contribution in [0.3, 0.4) is 0 Å². The lowest BCUT2D eigenvalue weighted by atomic mass is 10.0. The molecule has 0 unspecified atom stereocenters. The van der Waals surface area contributed by atoms with Crippen molar-refractivity contribution >= 4 is 17.6 Å². The third-order valence-electron chi connectivity index (χ3n) is 5.30. The van der Waals surface area contributed by atoms with Crippen LogP contribution in [0.5, 0.6) is 0 Å². The molecular formula is C21H26N2O4. The molecule has 1 amide bonds. The molecular weight excluding hydrogens is 344 g/mol. The van der Waals surface area contributed by atoms with Gasteiger partial charge in [0.1, 0.15) is 5.76 Å². The first kappa shape index (κ1) is 19.2. The van der Waals surface area contributed by atoms with Crippen molar-refractivity contribution < 1.29 is 18.7 Å². The molecule has 6 nitrogen and oxygen atoms in total. The number of likely N-dealkylation sites (N-methyl/N-ethyl adjacent to an activating group) is 1. The molecule has 6 heteroatoms. The highest BCUT2D eigenvalue weighted by Gasteiger charge is 2.35. The highest BCUT2D eigenvalue weighted by atomic mass is 16.5. The number of ether oxygens (including phenoxy) is 1. The quantitative estimate of drug-likeness (QED) is 0.753. The third-order valence-corrected chi connectivity index (χ3v) is 5.30. The van der Waals surface area contributed by atoms with Gasteiger partial charge in [-0.3, -0.25) is 9.69 Å². The molecule has 1 aromatic heterocycles. The fourth-order valence-corrected chi connectivity index (χ4v) is 3.58. The van der Waals surface area contributed by atoms with Crippen LogP contribution in [0, 0.1) is 6.92 Å². The second-order valence-corrected chi connectivity index (χ2v) is 6.98. The lowest BCUT2D eigenvalue weighted by molar-refractivity contribution is -0.125. The van der Waals surface area contributed by atoms with Crippen LogP contribution in [0.4, 0.5) is 5.69 Å². The van der Waals surface area contributed by atoms with Crippen LogP contribution in [0.2, 0.25) is 0 Å². The zero-order chi connectivity index (χ0) is 19.6. The molecule has 0 radical (unpaired) electrons. The predicted molar refractivity (Wildman–Crippen MR) is 103 cm³/mol. The minimum atomic E-state index is -0.488. The molecule has 0 bridgehead atoms. The molecule has 2 atom stereocenters. The standard InChI is InChI=1S/C21H26N2O4/c1-14-13-18(27-19(14)21(25)26-4)15(2)22(3)17-11-8-12-23(20(17)24)16-9-6-5-7-10-16/h5-7,9-10,13,15,17H,8,11-12H2,1-4H3/t15-,17+/m1/s1. The summed E-state index contributed by atoms with van der Waals surface area (Å²) in [6, 6.07) is 11.2. The van der Waals surface area contributed by atoms with Crippen molar-refractivity contribution in [1.29, 1.82) is 0 Å². The van der Waals surface area contributed by atoms with Gasteiger partial charge in [0.2, 0.25) is 11.7 Å². The number of para-hydroxylation sites is 1. The van der Waals surface area contributed by atoms with Gasteiger partial charge in [-0.2, -0.15) is 0 Å². The Kier molecular flexibility index (Phi) is 5.65. The largest absolute Gasteiger partial charge is 0.463 e. The lowest BCUT2D eigenvalue weighted by Gasteiger charge is -2.38. The Bertz CT molecular complexity index is 815. The number of aryl methyl sites for hydroxylation is 1. The van der Waals surface area contributed by atoms with Gasteiger partial charge >= 0.3 is 5.97 Å². The van der Waals surface area contributed by atoms with Gasteiger partial charge in [-0.05, 0) is 51.9 Å². The fraction of sp³-hybridized carbons (Fsp3) is 0.429. The molecule has 2 heterocycles. The number of carbonyl (C=O) groups excluding carboxylic acids is 2. The Morgan fingerprint density at radius 1 is 1.33 bits per heavy atom. The summed E-state index contributed by atoms with van der Waals surface area (Å²) in [6.07, 6.45) is 1.74. The summed E-state index contributed by atoms with van der Waals surface area (Å²) in [4.78, 5) is 28.8. The van der Waals surface area contributed by atoms with Gasteiger partial charge < -0.3 is 14.1 Å². The summed E-state index contributed by atoms with van der Waals surface area (Å²) < 4.78 is 10.5. The Balaban J connectivity index is 1.79. The Morgan fingerprint density at radius 3 is 2.70 bits per heavy atom. The second-order valence-electron chi connectivity index (χ2n) is 6.98. The molecule has 1 aliphatic rings. The van der Waals surface area contributed by atoms with E-state index in [2.05, 4.69) is 0 Å². The van der Waals surface area contributed by atoms with Crippen molar-refractivity contribution in [3.05, 3.63) is 53.5 Å². The number of rotatable bonds is 5.